The van der Waals surface area contributed by atoms with Gasteiger partial charge >= 0.3 is 0 Å². The summed E-state index contributed by atoms with van der Waals surface area (Å²) < 4.78 is 40.6. The molecule has 2 aliphatic heterocycles. The maximum Gasteiger partial charge on any atom is 0.164 e. The number of hydrogen-bond acceptors (Lipinski definition) is 9. The number of benzene rings is 4. The minimum Gasteiger partial charge on any atom is -0.493 e. The first-order chi connectivity index (χ1) is 23.8. The highest BCUT2D eigenvalue weighted by Crippen LogP contribution is 2.44. The van der Waals surface area contributed by atoms with E-state index in [0.717, 1.165) is 72.4 Å². The van der Waals surface area contributed by atoms with Crippen molar-refractivity contribution >= 4 is 0 Å². The molecule has 2 heterocycles. The Hall–Kier alpha value is -4.60. The van der Waals surface area contributed by atoms with Crippen LogP contribution in [0.2, 0.25) is 0 Å². The molecule has 4 aromatic rings. The Balaban J connectivity index is 1.27. The molecule has 0 radical (unpaired) electrons. The van der Waals surface area contributed by atoms with E-state index in [1.807, 2.05) is 24.3 Å². The van der Waals surface area contributed by atoms with E-state index in [2.05, 4.69) is 60.3 Å². The molecule has 0 fully saturated rings. The summed E-state index contributed by atoms with van der Waals surface area (Å²) in [5.41, 5.74) is 7.33. The number of hydrogen-bond donors (Lipinski definition) is 0. The highest BCUT2D eigenvalue weighted by atomic mass is 16.5. The highest BCUT2D eigenvalue weighted by molar-refractivity contribution is 5.55. The minimum absolute atomic E-state index is 0.0975. The quantitative estimate of drug-likeness (QED) is 0.158. The zero-order valence-corrected chi connectivity index (χ0v) is 29.9. The van der Waals surface area contributed by atoms with Crippen molar-refractivity contribution in [3.05, 3.63) is 94.0 Å². The zero-order chi connectivity index (χ0) is 34.7. The van der Waals surface area contributed by atoms with Gasteiger partial charge in [-0.05, 0) is 110 Å². The van der Waals surface area contributed by atoms with Crippen molar-refractivity contribution in [3.8, 4) is 46.0 Å². The summed E-state index contributed by atoms with van der Waals surface area (Å²) in [6.45, 7) is 1.91. The molecule has 4 aromatic carbocycles. The van der Waals surface area contributed by atoms with Crippen LogP contribution in [0, 0.1) is 0 Å². The predicted molar refractivity (Wildman–Crippen MR) is 191 cm³/mol. The molecule has 2 aliphatic rings. The second-order valence-corrected chi connectivity index (χ2v) is 12.8. The van der Waals surface area contributed by atoms with E-state index >= 15 is 0 Å². The molecule has 0 aromatic heterocycles. The van der Waals surface area contributed by atoms with Crippen LogP contribution in [-0.2, 0) is 25.7 Å². The van der Waals surface area contributed by atoms with Crippen molar-refractivity contribution in [2.75, 3.05) is 69.8 Å². The number of likely N-dealkylation sites (N-methyl/N-ethyl adjacent to an activating group) is 2. The molecule has 0 bridgehead atoms. The summed E-state index contributed by atoms with van der Waals surface area (Å²) in [4.78, 5) is 4.80. The van der Waals surface area contributed by atoms with Gasteiger partial charge in [-0.3, -0.25) is 9.80 Å². The van der Waals surface area contributed by atoms with Gasteiger partial charge in [0.2, 0.25) is 0 Å². The summed E-state index contributed by atoms with van der Waals surface area (Å²) in [6, 6.07) is 21.2. The lowest BCUT2D eigenvalue weighted by atomic mass is 9.88. The minimum atomic E-state index is 0.0975. The van der Waals surface area contributed by atoms with Crippen molar-refractivity contribution in [3.63, 3.8) is 0 Å². The second kappa shape index (κ2) is 14.9. The molecule has 0 spiro atoms. The molecular formula is C40H48N2O7. The van der Waals surface area contributed by atoms with Gasteiger partial charge in [0.1, 0.15) is 11.5 Å². The lowest BCUT2D eigenvalue weighted by Crippen LogP contribution is -2.33. The van der Waals surface area contributed by atoms with Crippen molar-refractivity contribution in [1.29, 1.82) is 0 Å². The maximum atomic E-state index is 6.64. The number of rotatable bonds is 12. The second-order valence-electron chi connectivity index (χ2n) is 12.8. The fourth-order valence-corrected chi connectivity index (χ4v) is 7.25. The molecule has 0 saturated carbocycles. The smallest absolute Gasteiger partial charge is 0.164 e. The lowest BCUT2D eigenvalue weighted by Gasteiger charge is -2.35. The van der Waals surface area contributed by atoms with Crippen molar-refractivity contribution in [1.82, 2.24) is 9.80 Å². The topological polar surface area (TPSA) is 71.1 Å². The standard InChI is InChI=1S/C40H48N2O7/c1-41-15-13-26-19-35(43-3)38(46-6)22-30(26)32(41)17-25-9-11-29(12-10-25)49-34-24-40(48-8)37(45-5)21-28(34)18-33-31-23-39(47-7)36(44-4)20-27(31)14-16-42(33)2/h9-12,19-24,32-33H,13-18H2,1-8H3/t32-,33-/m0/s1. The van der Waals surface area contributed by atoms with Crippen LogP contribution >= 0.6 is 0 Å². The summed E-state index contributed by atoms with van der Waals surface area (Å²) in [6.07, 6.45) is 3.48. The summed E-state index contributed by atoms with van der Waals surface area (Å²) >= 11 is 0. The van der Waals surface area contributed by atoms with E-state index in [9.17, 15) is 0 Å². The van der Waals surface area contributed by atoms with Gasteiger partial charge in [-0.15, -0.1) is 0 Å². The number of ether oxygens (including phenoxy) is 7. The summed E-state index contributed by atoms with van der Waals surface area (Å²) in [5.74, 6) is 5.79. The van der Waals surface area contributed by atoms with E-state index in [4.69, 9.17) is 33.2 Å². The van der Waals surface area contributed by atoms with Crippen LogP contribution in [0.1, 0.15) is 45.5 Å². The molecular weight excluding hydrogens is 620 g/mol. The van der Waals surface area contributed by atoms with E-state index in [-0.39, 0.29) is 12.1 Å². The zero-order valence-electron chi connectivity index (χ0n) is 29.9. The molecule has 0 saturated heterocycles. The van der Waals surface area contributed by atoms with Gasteiger partial charge in [-0.1, -0.05) is 12.1 Å². The Kier molecular flexibility index (Phi) is 10.4. The molecule has 0 aliphatic carbocycles. The van der Waals surface area contributed by atoms with Gasteiger partial charge in [0, 0.05) is 36.8 Å². The van der Waals surface area contributed by atoms with Crippen LogP contribution in [-0.4, -0.2) is 79.6 Å². The van der Waals surface area contributed by atoms with Gasteiger partial charge in [-0.2, -0.15) is 0 Å². The Morgan fingerprint density at radius 2 is 0.939 bits per heavy atom. The first-order valence-electron chi connectivity index (χ1n) is 16.7. The third-order valence-corrected chi connectivity index (χ3v) is 10.1. The molecule has 49 heavy (non-hydrogen) atoms. The summed E-state index contributed by atoms with van der Waals surface area (Å²) in [7, 11) is 14.4. The average Bonchev–Trinajstić information content (AvgIpc) is 3.13. The predicted octanol–water partition coefficient (Wildman–Crippen LogP) is 7.07. The average molecular weight is 669 g/mol. The molecule has 6 rings (SSSR count). The third-order valence-electron chi connectivity index (χ3n) is 10.1. The fraction of sp³-hybridized carbons (Fsp3) is 0.400. The van der Waals surface area contributed by atoms with Crippen molar-refractivity contribution in [2.45, 2.75) is 37.8 Å². The SMILES string of the molecule is COc1cc(C[C@H]2c3cc(OC)c(OC)cc3CCN2C)c(Oc2ccc(C[C@H]3c4cc(OC)c(OC)cc4CCN3C)cc2)cc1OC. The van der Waals surface area contributed by atoms with Gasteiger partial charge in [0.15, 0.2) is 34.5 Å². The molecule has 260 valence electrons. The Labute approximate surface area is 290 Å². The number of fused-ring (bicyclic) bond motifs is 2. The van der Waals surface area contributed by atoms with Gasteiger partial charge in [0.05, 0.1) is 42.7 Å². The highest BCUT2D eigenvalue weighted by Gasteiger charge is 2.30. The number of methoxy groups -OCH3 is 6. The third kappa shape index (κ3) is 6.96. The summed E-state index contributed by atoms with van der Waals surface area (Å²) in [5, 5.41) is 0. The maximum absolute atomic E-state index is 6.64. The number of nitrogens with zero attached hydrogens (tertiary/aromatic N) is 2. The van der Waals surface area contributed by atoms with Gasteiger partial charge < -0.3 is 33.2 Å². The monoisotopic (exact) mass is 668 g/mol. The molecule has 0 amide bonds. The molecule has 0 unspecified atom stereocenters. The Bertz CT molecular complexity index is 1770. The molecule has 9 nitrogen and oxygen atoms in total. The van der Waals surface area contributed by atoms with Crippen LogP contribution in [0.3, 0.4) is 0 Å². The van der Waals surface area contributed by atoms with E-state index in [1.54, 1.807) is 42.7 Å². The van der Waals surface area contributed by atoms with Crippen molar-refractivity contribution < 1.29 is 33.2 Å². The van der Waals surface area contributed by atoms with E-state index in [1.165, 1.54) is 27.8 Å². The van der Waals surface area contributed by atoms with Crippen molar-refractivity contribution in [2.24, 2.45) is 0 Å². The van der Waals surface area contributed by atoms with Crippen LogP contribution < -0.4 is 33.2 Å². The lowest BCUT2D eigenvalue weighted by molar-refractivity contribution is 0.226. The van der Waals surface area contributed by atoms with Gasteiger partial charge in [0.25, 0.3) is 0 Å². The van der Waals surface area contributed by atoms with E-state index in [0.29, 0.717) is 17.9 Å². The first kappa shape index (κ1) is 34.3. The normalized spacial score (nSPS) is 17.5. The van der Waals surface area contributed by atoms with Crippen LogP contribution in [0.5, 0.6) is 46.0 Å². The molecule has 2 atom stereocenters. The Morgan fingerprint density at radius 3 is 1.43 bits per heavy atom. The fourth-order valence-electron chi connectivity index (χ4n) is 7.25. The van der Waals surface area contributed by atoms with Crippen LogP contribution in [0.15, 0.2) is 60.7 Å². The molecule has 9 heteroatoms. The van der Waals surface area contributed by atoms with E-state index < -0.39 is 0 Å². The van der Waals surface area contributed by atoms with Crippen LogP contribution in [0.25, 0.3) is 0 Å². The molecule has 0 N–H and O–H groups in total. The van der Waals surface area contributed by atoms with Crippen LogP contribution in [0.4, 0.5) is 0 Å². The largest absolute Gasteiger partial charge is 0.493 e. The first-order valence-corrected chi connectivity index (χ1v) is 16.7. The Morgan fingerprint density at radius 1 is 0.510 bits per heavy atom. The van der Waals surface area contributed by atoms with Gasteiger partial charge in [-0.25, -0.2) is 0 Å².